The summed E-state index contributed by atoms with van der Waals surface area (Å²) in [4.78, 5) is 42.2. The average Bonchev–Trinajstić information content (AvgIpc) is 3.38. The second-order valence-corrected chi connectivity index (χ2v) is 11.4. The van der Waals surface area contributed by atoms with Crippen LogP contribution in [0, 0.1) is 0 Å². The number of carbonyl (C=O) groups excluding carboxylic acids is 3. The SMILES string of the molecule is CCCCCCCCCCCCCCCC(=O)N(CCCC[NH3+])CC(=O)N(CC(C)=O)Cc1cccs1. The summed E-state index contributed by atoms with van der Waals surface area (Å²) in [7, 11) is 0. The number of thiophene rings is 1. The van der Waals surface area contributed by atoms with Crippen molar-refractivity contribution in [1.29, 1.82) is 0 Å². The maximum absolute atomic E-state index is 13.1. The fourth-order valence-electron chi connectivity index (χ4n) is 4.58. The molecule has 0 spiro atoms. The fourth-order valence-corrected chi connectivity index (χ4v) is 5.30. The number of unbranched alkanes of at least 4 members (excludes halogenated alkanes) is 13. The quantitative estimate of drug-likeness (QED) is 0.165. The van der Waals surface area contributed by atoms with Crippen LogP contribution in [0.25, 0.3) is 0 Å². The summed E-state index contributed by atoms with van der Waals surface area (Å²) >= 11 is 1.57. The van der Waals surface area contributed by atoms with Gasteiger partial charge in [0.25, 0.3) is 0 Å². The summed E-state index contributed by atoms with van der Waals surface area (Å²) in [5.41, 5.74) is 3.89. The van der Waals surface area contributed by atoms with Crippen molar-refractivity contribution >= 4 is 28.9 Å². The van der Waals surface area contributed by atoms with E-state index in [0.29, 0.717) is 19.5 Å². The van der Waals surface area contributed by atoms with Gasteiger partial charge >= 0.3 is 0 Å². The smallest absolute Gasteiger partial charge is 0.242 e. The zero-order chi connectivity index (χ0) is 27.1. The lowest BCUT2D eigenvalue weighted by atomic mass is 10.0. The van der Waals surface area contributed by atoms with E-state index in [0.717, 1.165) is 37.1 Å². The maximum atomic E-state index is 13.1. The third-order valence-corrected chi connectivity index (χ3v) is 7.66. The van der Waals surface area contributed by atoms with Crippen molar-refractivity contribution in [2.24, 2.45) is 0 Å². The predicted molar refractivity (Wildman–Crippen MR) is 154 cm³/mol. The van der Waals surface area contributed by atoms with Gasteiger partial charge in [-0.25, -0.2) is 0 Å². The number of nitrogens with zero attached hydrogens (tertiary/aromatic N) is 2. The van der Waals surface area contributed by atoms with E-state index >= 15 is 0 Å². The number of amides is 2. The number of carbonyl (C=O) groups is 3. The van der Waals surface area contributed by atoms with E-state index < -0.39 is 0 Å². The van der Waals surface area contributed by atoms with Crippen LogP contribution in [0.1, 0.15) is 121 Å². The lowest BCUT2D eigenvalue weighted by Crippen LogP contribution is -2.50. The first kappa shape index (κ1) is 33.3. The van der Waals surface area contributed by atoms with Gasteiger partial charge in [0.2, 0.25) is 11.8 Å². The van der Waals surface area contributed by atoms with Crippen molar-refractivity contribution in [3.8, 4) is 0 Å². The Kier molecular flexibility index (Phi) is 20.0. The molecule has 3 N–H and O–H groups in total. The summed E-state index contributed by atoms with van der Waals surface area (Å²) < 4.78 is 0. The second-order valence-electron chi connectivity index (χ2n) is 10.4. The molecule has 0 saturated carbocycles. The Labute approximate surface area is 230 Å². The topological polar surface area (TPSA) is 85.3 Å². The molecule has 0 bridgehead atoms. The molecule has 0 atom stereocenters. The molecule has 0 fully saturated rings. The third kappa shape index (κ3) is 17.4. The fraction of sp³-hybridized carbons (Fsp3) is 0.767. The largest absolute Gasteiger partial charge is 0.358 e. The molecular weight excluding hydrogens is 482 g/mol. The molecule has 2 amide bonds. The number of hydrogen-bond acceptors (Lipinski definition) is 4. The van der Waals surface area contributed by atoms with E-state index in [-0.39, 0.29) is 30.7 Å². The van der Waals surface area contributed by atoms with Crippen LogP contribution in [0.15, 0.2) is 17.5 Å². The van der Waals surface area contributed by atoms with Crippen molar-refractivity contribution in [3.05, 3.63) is 22.4 Å². The number of Topliss-reactive ketones (excluding diaryl/α,β-unsaturated/α-hetero) is 1. The average molecular weight is 537 g/mol. The van der Waals surface area contributed by atoms with Crippen molar-refractivity contribution < 1.29 is 20.1 Å². The monoisotopic (exact) mass is 536 g/mol. The minimum atomic E-state index is -0.156. The molecule has 0 aromatic carbocycles. The molecule has 212 valence electrons. The number of quaternary nitrogens is 1. The highest BCUT2D eigenvalue weighted by atomic mass is 32.1. The number of hydrogen-bond donors (Lipinski definition) is 1. The molecular formula is C30H54N3O3S+. The lowest BCUT2D eigenvalue weighted by molar-refractivity contribution is -0.368. The van der Waals surface area contributed by atoms with Gasteiger partial charge in [-0.3, -0.25) is 14.4 Å². The van der Waals surface area contributed by atoms with Crippen LogP contribution in [0.4, 0.5) is 0 Å². The standard InChI is InChI=1S/C30H53N3O3S/c1-3-4-5-6-7-8-9-10-11-12-13-14-15-20-29(35)32(22-17-16-21-31)26-30(36)33(24-27(2)34)25-28-19-18-23-37-28/h18-19,23H,3-17,20-22,24-26,31H2,1-2H3/p+1. The Morgan fingerprint density at radius 2 is 1.35 bits per heavy atom. The summed E-state index contributed by atoms with van der Waals surface area (Å²) in [5, 5.41) is 1.97. The minimum Gasteiger partial charge on any atom is -0.358 e. The van der Waals surface area contributed by atoms with E-state index in [9.17, 15) is 14.4 Å². The van der Waals surface area contributed by atoms with E-state index in [1.807, 2.05) is 17.5 Å². The Morgan fingerprint density at radius 1 is 0.757 bits per heavy atom. The molecule has 7 heteroatoms. The first-order valence-corrected chi connectivity index (χ1v) is 15.7. The Balaban J connectivity index is 2.36. The number of rotatable bonds is 24. The molecule has 0 radical (unpaired) electrons. The summed E-state index contributed by atoms with van der Waals surface area (Å²) in [5.74, 6) is -0.150. The van der Waals surface area contributed by atoms with Crippen LogP contribution in [0.2, 0.25) is 0 Å². The molecule has 0 aliphatic heterocycles. The van der Waals surface area contributed by atoms with Gasteiger partial charge in [0, 0.05) is 17.8 Å². The summed E-state index contributed by atoms with van der Waals surface area (Å²) in [6.45, 7) is 5.70. The van der Waals surface area contributed by atoms with Crippen LogP contribution in [0.3, 0.4) is 0 Å². The Morgan fingerprint density at radius 3 is 1.86 bits per heavy atom. The second kappa shape index (κ2) is 22.3. The first-order chi connectivity index (χ1) is 18.0. The molecule has 0 aliphatic carbocycles. The van der Waals surface area contributed by atoms with Gasteiger partial charge < -0.3 is 15.5 Å². The molecule has 6 nitrogen and oxygen atoms in total. The molecule has 37 heavy (non-hydrogen) atoms. The van der Waals surface area contributed by atoms with Gasteiger partial charge in [-0.15, -0.1) is 11.3 Å². The molecule has 1 heterocycles. The maximum Gasteiger partial charge on any atom is 0.242 e. The van der Waals surface area contributed by atoms with Crippen molar-refractivity contribution in [2.75, 3.05) is 26.2 Å². The normalized spacial score (nSPS) is 11.0. The highest BCUT2D eigenvalue weighted by Crippen LogP contribution is 2.15. The molecule has 1 aromatic rings. The number of ketones is 1. The molecule has 0 unspecified atom stereocenters. The Bertz CT molecular complexity index is 724. The third-order valence-electron chi connectivity index (χ3n) is 6.79. The molecule has 0 aliphatic rings. The predicted octanol–water partition coefficient (Wildman–Crippen LogP) is 6.00. The van der Waals surface area contributed by atoms with Gasteiger partial charge in [0.1, 0.15) is 5.78 Å². The summed E-state index contributed by atoms with van der Waals surface area (Å²) in [6, 6.07) is 3.91. The minimum absolute atomic E-state index is 0.0487. The lowest BCUT2D eigenvalue weighted by Gasteiger charge is -2.27. The van der Waals surface area contributed by atoms with Gasteiger partial charge in [0.05, 0.1) is 26.2 Å². The zero-order valence-corrected chi connectivity index (χ0v) is 24.6. The zero-order valence-electron chi connectivity index (χ0n) is 23.8. The van der Waals surface area contributed by atoms with Gasteiger partial charge in [-0.2, -0.15) is 0 Å². The molecule has 0 saturated heterocycles. The van der Waals surface area contributed by atoms with Crippen LogP contribution >= 0.6 is 11.3 Å². The van der Waals surface area contributed by atoms with Gasteiger partial charge in [0.15, 0.2) is 0 Å². The van der Waals surface area contributed by atoms with E-state index in [2.05, 4.69) is 12.7 Å². The van der Waals surface area contributed by atoms with E-state index in [1.165, 1.54) is 77.6 Å². The van der Waals surface area contributed by atoms with Crippen molar-refractivity contribution in [2.45, 2.75) is 123 Å². The molecule has 1 rings (SSSR count). The summed E-state index contributed by atoms with van der Waals surface area (Å²) in [6.07, 6.45) is 18.9. The highest BCUT2D eigenvalue weighted by molar-refractivity contribution is 7.09. The van der Waals surface area contributed by atoms with Gasteiger partial charge in [-0.1, -0.05) is 90.0 Å². The molecule has 1 aromatic heterocycles. The highest BCUT2D eigenvalue weighted by Gasteiger charge is 2.22. The van der Waals surface area contributed by atoms with E-state index in [1.54, 1.807) is 21.1 Å². The van der Waals surface area contributed by atoms with Gasteiger partial charge in [-0.05, 0) is 37.6 Å². The van der Waals surface area contributed by atoms with Crippen molar-refractivity contribution in [3.63, 3.8) is 0 Å². The van der Waals surface area contributed by atoms with Crippen LogP contribution < -0.4 is 5.73 Å². The Hall–Kier alpha value is -1.73. The van der Waals surface area contributed by atoms with E-state index in [4.69, 9.17) is 0 Å². The van der Waals surface area contributed by atoms with Crippen LogP contribution in [-0.4, -0.2) is 53.6 Å². The van der Waals surface area contributed by atoms with Crippen molar-refractivity contribution in [1.82, 2.24) is 9.80 Å². The first-order valence-electron chi connectivity index (χ1n) is 14.8. The van der Waals surface area contributed by atoms with Crippen LogP contribution in [-0.2, 0) is 20.9 Å². The van der Waals surface area contributed by atoms with Crippen LogP contribution in [0.5, 0.6) is 0 Å².